The van der Waals surface area contributed by atoms with E-state index in [1.807, 2.05) is 14.0 Å². The van der Waals surface area contributed by atoms with Gasteiger partial charge in [0.1, 0.15) is 5.54 Å². The molecule has 0 radical (unpaired) electrons. The fourth-order valence-electron chi connectivity index (χ4n) is 2.25. The van der Waals surface area contributed by atoms with Gasteiger partial charge >= 0.3 is 5.97 Å². The largest absolute Gasteiger partial charge is 0.465 e. The number of hydrogen-bond acceptors (Lipinski definition) is 4. The van der Waals surface area contributed by atoms with Gasteiger partial charge in [0.2, 0.25) is 0 Å². The van der Waals surface area contributed by atoms with E-state index in [1.165, 1.54) is 0 Å². The van der Waals surface area contributed by atoms with Crippen LogP contribution >= 0.6 is 0 Å². The molecule has 0 atom stereocenters. The van der Waals surface area contributed by atoms with Gasteiger partial charge in [-0.1, -0.05) is 0 Å². The molecule has 0 aromatic carbocycles. The maximum atomic E-state index is 11.9. The van der Waals surface area contributed by atoms with Gasteiger partial charge in [0, 0.05) is 19.1 Å². The van der Waals surface area contributed by atoms with Gasteiger partial charge in [0.15, 0.2) is 0 Å². The summed E-state index contributed by atoms with van der Waals surface area (Å²) in [5.74, 6) is -0.0964. The van der Waals surface area contributed by atoms with E-state index in [1.54, 1.807) is 0 Å². The summed E-state index contributed by atoms with van der Waals surface area (Å²) in [7, 11) is 1.85. The van der Waals surface area contributed by atoms with Gasteiger partial charge in [0.05, 0.1) is 6.61 Å². The van der Waals surface area contributed by atoms with Gasteiger partial charge in [-0.3, -0.25) is 4.79 Å². The van der Waals surface area contributed by atoms with E-state index in [9.17, 15) is 4.79 Å². The highest BCUT2D eigenvalue weighted by Crippen LogP contribution is 2.24. The summed E-state index contributed by atoms with van der Waals surface area (Å²) in [6.07, 6.45) is 1.67. The summed E-state index contributed by atoms with van der Waals surface area (Å²) in [6.45, 7) is 8.60. The minimum Gasteiger partial charge on any atom is -0.465 e. The molecular formula is C12H24N2O2. The Bertz CT molecular complexity index is 233. The quantitative estimate of drug-likeness (QED) is 0.729. The molecule has 1 saturated heterocycles. The van der Waals surface area contributed by atoms with Gasteiger partial charge < -0.3 is 15.0 Å². The molecule has 1 heterocycles. The lowest BCUT2D eigenvalue weighted by Gasteiger charge is -2.41. The minimum absolute atomic E-state index is 0.0964. The van der Waals surface area contributed by atoms with Gasteiger partial charge in [-0.25, -0.2) is 0 Å². The number of rotatable bonds is 4. The van der Waals surface area contributed by atoms with Crippen molar-refractivity contribution in [2.24, 2.45) is 0 Å². The zero-order valence-corrected chi connectivity index (χ0v) is 10.9. The van der Waals surface area contributed by atoms with Crippen molar-refractivity contribution in [3.63, 3.8) is 0 Å². The lowest BCUT2D eigenvalue weighted by molar-refractivity contribution is -0.153. The van der Waals surface area contributed by atoms with Gasteiger partial charge in [0.25, 0.3) is 0 Å². The Balaban J connectivity index is 2.61. The van der Waals surface area contributed by atoms with E-state index in [4.69, 9.17) is 4.74 Å². The zero-order valence-electron chi connectivity index (χ0n) is 10.9. The molecule has 0 amide bonds. The summed E-state index contributed by atoms with van der Waals surface area (Å²) in [5.41, 5.74) is -0.457. The first kappa shape index (κ1) is 13.5. The first-order valence-corrected chi connectivity index (χ1v) is 6.16. The third-order valence-electron chi connectivity index (χ3n) is 3.53. The van der Waals surface area contributed by atoms with Crippen LogP contribution in [0.4, 0.5) is 0 Å². The predicted molar refractivity (Wildman–Crippen MR) is 64.4 cm³/mol. The van der Waals surface area contributed by atoms with Crippen LogP contribution in [0.25, 0.3) is 0 Å². The monoisotopic (exact) mass is 228 g/mol. The average molecular weight is 228 g/mol. The van der Waals surface area contributed by atoms with Crippen LogP contribution in [0.2, 0.25) is 0 Å². The fourth-order valence-corrected chi connectivity index (χ4v) is 2.25. The van der Waals surface area contributed by atoms with Crippen LogP contribution in [0.15, 0.2) is 0 Å². The number of esters is 1. The number of carbonyl (C=O) groups excluding carboxylic acids is 1. The van der Waals surface area contributed by atoms with Crippen molar-refractivity contribution >= 4 is 5.97 Å². The lowest BCUT2D eigenvalue weighted by Crippen LogP contribution is -2.58. The van der Waals surface area contributed by atoms with E-state index in [-0.39, 0.29) is 5.97 Å². The van der Waals surface area contributed by atoms with Crippen LogP contribution in [0.1, 0.15) is 33.6 Å². The summed E-state index contributed by atoms with van der Waals surface area (Å²) >= 11 is 0. The third-order valence-corrected chi connectivity index (χ3v) is 3.53. The van der Waals surface area contributed by atoms with Crippen LogP contribution in [-0.2, 0) is 9.53 Å². The van der Waals surface area contributed by atoms with Crippen molar-refractivity contribution in [2.75, 3.05) is 26.7 Å². The lowest BCUT2D eigenvalue weighted by atomic mass is 9.87. The predicted octanol–water partition coefficient (Wildman–Crippen LogP) is 1.01. The number of ether oxygens (including phenoxy) is 1. The molecule has 0 saturated carbocycles. The van der Waals surface area contributed by atoms with Gasteiger partial charge in [-0.2, -0.15) is 0 Å². The molecule has 0 aliphatic carbocycles. The fraction of sp³-hybridized carbons (Fsp3) is 0.917. The van der Waals surface area contributed by atoms with Crippen LogP contribution in [0.3, 0.4) is 0 Å². The van der Waals surface area contributed by atoms with Gasteiger partial charge in [-0.05, 0) is 40.7 Å². The van der Waals surface area contributed by atoms with E-state index in [0.717, 1.165) is 25.9 Å². The van der Waals surface area contributed by atoms with Crippen LogP contribution < -0.4 is 5.32 Å². The molecule has 1 rings (SSSR count). The first-order chi connectivity index (χ1) is 7.55. The Morgan fingerprint density at radius 1 is 1.44 bits per heavy atom. The molecule has 0 bridgehead atoms. The highest BCUT2D eigenvalue weighted by atomic mass is 16.5. The molecular weight excluding hydrogens is 204 g/mol. The Kier molecular flexibility index (Phi) is 4.74. The Hall–Kier alpha value is -0.610. The number of carbonyl (C=O) groups is 1. The number of piperidine rings is 1. The van der Waals surface area contributed by atoms with Crippen molar-refractivity contribution in [3.05, 3.63) is 0 Å². The topological polar surface area (TPSA) is 41.6 Å². The molecule has 4 heteroatoms. The molecule has 94 valence electrons. The second kappa shape index (κ2) is 5.64. The number of nitrogens with one attached hydrogen (secondary N) is 1. The molecule has 1 aliphatic heterocycles. The molecule has 1 N–H and O–H groups in total. The maximum absolute atomic E-state index is 11.9. The van der Waals surface area contributed by atoms with Crippen LogP contribution in [0, 0.1) is 0 Å². The van der Waals surface area contributed by atoms with E-state index in [0.29, 0.717) is 12.6 Å². The normalized spacial score (nSPS) is 21.1. The summed E-state index contributed by atoms with van der Waals surface area (Å²) in [5, 5.41) is 3.16. The third kappa shape index (κ3) is 2.74. The number of likely N-dealkylation sites (N-methyl/N-ethyl adjacent to an activating group) is 1. The smallest absolute Gasteiger partial charge is 0.326 e. The second-order valence-electron chi connectivity index (χ2n) is 4.68. The number of likely N-dealkylation sites (tertiary alicyclic amines) is 1. The van der Waals surface area contributed by atoms with E-state index in [2.05, 4.69) is 24.1 Å². The maximum Gasteiger partial charge on any atom is 0.326 e. The van der Waals surface area contributed by atoms with Crippen molar-refractivity contribution < 1.29 is 9.53 Å². The highest BCUT2D eigenvalue weighted by molar-refractivity contribution is 5.81. The van der Waals surface area contributed by atoms with Gasteiger partial charge in [-0.15, -0.1) is 0 Å². The minimum atomic E-state index is -0.457. The summed E-state index contributed by atoms with van der Waals surface area (Å²) in [6, 6.07) is 0.553. The molecule has 1 fully saturated rings. The molecule has 0 aromatic heterocycles. The van der Waals surface area contributed by atoms with Crippen LogP contribution in [-0.4, -0.2) is 49.2 Å². The Labute approximate surface area is 98.3 Å². The zero-order chi connectivity index (χ0) is 12.2. The van der Waals surface area contributed by atoms with Crippen molar-refractivity contribution in [1.29, 1.82) is 0 Å². The molecule has 0 spiro atoms. The Morgan fingerprint density at radius 2 is 2.00 bits per heavy atom. The van der Waals surface area contributed by atoms with E-state index >= 15 is 0 Å². The van der Waals surface area contributed by atoms with Crippen molar-refractivity contribution in [2.45, 2.75) is 45.2 Å². The Morgan fingerprint density at radius 3 is 2.38 bits per heavy atom. The second-order valence-corrected chi connectivity index (χ2v) is 4.68. The molecule has 0 aromatic rings. The summed E-state index contributed by atoms with van der Waals surface area (Å²) < 4.78 is 5.15. The van der Waals surface area contributed by atoms with Crippen LogP contribution in [0.5, 0.6) is 0 Å². The number of hydrogen-bond donors (Lipinski definition) is 1. The SMILES string of the molecule is CCOC(=O)C1(NC)CCN(C(C)C)CC1. The summed E-state index contributed by atoms with van der Waals surface area (Å²) in [4.78, 5) is 14.3. The number of nitrogens with zero attached hydrogens (tertiary/aromatic N) is 1. The standard InChI is InChI=1S/C12H24N2O2/c1-5-16-11(15)12(13-4)6-8-14(9-7-12)10(2)3/h10,13H,5-9H2,1-4H3. The van der Waals surface area contributed by atoms with Crippen molar-refractivity contribution in [3.8, 4) is 0 Å². The average Bonchev–Trinajstić information content (AvgIpc) is 2.29. The highest BCUT2D eigenvalue weighted by Gasteiger charge is 2.41. The van der Waals surface area contributed by atoms with Crippen molar-refractivity contribution in [1.82, 2.24) is 10.2 Å². The molecule has 16 heavy (non-hydrogen) atoms. The van der Waals surface area contributed by atoms with E-state index < -0.39 is 5.54 Å². The molecule has 1 aliphatic rings. The molecule has 4 nitrogen and oxygen atoms in total. The first-order valence-electron chi connectivity index (χ1n) is 6.16. The molecule has 0 unspecified atom stereocenters.